The number of hydrogen-bond acceptors (Lipinski definition) is 6. The van der Waals surface area contributed by atoms with E-state index in [4.69, 9.17) is 19.9 Å². The molecule has 108 heavy (non-hydrogen) atoms. The van der Waals surface area contributed by atoms with Gasteiger partial charge in [-0.2, -0.15) is 0 Å². The fourth-order valence-corrected chi connectivity index (χ4v) is 20.1. The van der Waals surface area contributed by atoms with Gasteiger partial charge in [0.1, 0.15) is 11.6 Å². The molecule has 0 unspecified atom stereocenters. The van der Waals surface area contributed by atoms with Gasteiger partial charge in [-0.15, -0.1) is 22.7 Å². The Hall–Kier alpha value is -13.8. The number of thiophene rings is 2. The Morgan fingerprint density at radius 2 is 0.500 bits per heavy atom. The van der Waals surface area contributed by atoms with Gasteiger partial charge in [0.2, 0.25) is 0 Å². The van der Waals surface area contributed by atoms with E-state index in [2.05, 4.69) is 361 Å². The average Bonchev–Trinajstić information content (AvgIpc) is 1.05. The zero-order valence-electron chi connectivity index (χ0n) is 58.0. The van der Waals surface area contributed by atoms with Gasteiger partial charge in [0.15, 0.2) is 0 Å². The Balaban J connectivity index is 0.000000130. The third-order valence-corrected chi connectivity index (χ3v) is 24.6. The van der Waals surface area contributed by atoms with Gasteiger partial charge in [-0.05, 0) is 93.0 Å². The molecule has 24 rings (SSSR count). The largest absolute Gasteiger partial charge is 0.294 e. The van der Waals surface area contributed by atoms with Crippen molar-refractivity contribution in [1.82, 2.24) is 29.1 Å². The minimum absolute atomic E-state index is 0.902. The first-order chi connectivity index (χ1) is 53.6. The summed E-state index contributed by atoms with van der Waals surface area (Å²) in [5.74, 6) is 1.80. The average molecular weight is 1410 g/mol. The molecule has 8 heteroatoms. The molecule has 0 amide bonds. The summed E-state index contributed by atoms with van der Waals surface area (Å²) < 4.78 is 9.86. The molecule has 16 aromatic carbocycles. The maximum atomic E-state index is 5.64. The predicted molar refractivity (Wildman–Crippen MR) is 460 cm³/mol. The molecule has 0 radical (unpaired) electrons. The quantitative estimate of drug-likeness (QED) is 0.156. The normalized spacial score (nSPS) is 12.1. The third-order valence-electron chi connectivity index (χ3n) is 22.3. The monoisotopic (exact) mass is 1410 g/mol. The topological polar surface area (TPSA) is 61.4 Å². The number of fused-ring (bicyclic) bond motifs is 28. The lowest BCUT2D eigenvalue weighted by molar-refractivity contribution is 1.09. The van der Waals surface area contributed by atoms with Gasteiger partial charge in [0.05, 0.1) is 55.9 Å². The van der Waals surface area contributed by atoms with Crippen LogP contribution >= 0.6 is 22.7 Å². The molecule has 0 saturated heterocycles. The van der Waals surface area contributed by atoms with E-state index in [0.717, 1.165) is 122 Å². The van der Waals surface area contributed by atoms with Crippen molar-refractivity contribution in [2.24, 2.45) is 0 Å². The van der Waals surface area contributed by atoms with Crippen molar-refractivity contribution in [1.29, 1.82) is 0 Å². The van der Waals surface area contributed by atoms with Crippen molar-refractivity contribution in [3.05, 3.63) is 352 Å². The molecular weight excluding hydrogens is 1350 g/mol. The van der Waals surface area contributed by atoms with Crippen molar-refractivity contribution in [2.45, 2.75) is 0 Å². The van der Waals surface area contributed by atoms with Crippen molar-refractivity contribution >= 4 is 193 Å². The van der Waals surface area contributed by atoms with Gasteiger partial charge in [-0.1, -0.05) is 291 Å². The van der Waals surface area contributed by atoms with Crippen molar-refractivity contribution in [3.8, 4) is 56.7 Å². The van der Waals surface area contributed by atoms with E-state index in [-0.39, 0.29) is 0 Å². The predicted octanol–water partition coefficient (Wildman–Crippen LogP) is 27.8. The minimum Gasteiger partial charge on any atom is -0.294 e. The summed E-state index contributed by atoms with van der Waals surface area (Å²) >= 11 is 3.76. The van der Waals surface area contributed by atoms with Crippen LogP contribution in [0.5, 0.6) is 0 Å². The van der Waals surface area contributed by atoms with E-state index in [1.54, 1.807) is 0 Å². The van der Waals surface area contributed by atoms with Crippen LogP contribution in [0.1, 0.15) is 0 Å². The Labute approximate surface area is 626 Å². The maximum absolute atomic E-state index is 5.64. The summed E-state index contributed by atoms with van der Waals surface area (Å²) in [5.41, 5.74) is 15.0. The molecule has 0 atom stereocenters. The van der Waals surface area contributed by atoms with E-state index < -0.39 is 0 Å². The Bertz CT molecular complexity index is 7480. The number of para-hydroxylation sites is 2. The fourth-order valence-electron chi connectivity index (χ4n) is 17.6. The number of benzene rings is 16. The molecule has 0 aliphatic rings. The summed E-state index contributed by atoms with van der Waals surface area (Å²) in [5, 5.41) is 26.7. The summed E-state index contributed by atoms with van der Waals surface area (Å²) in [6.07, 6.45) is 0. The van der Waals surface area contributed by atoms with Crippen LogP contribution in [0.3, 0.4) is 0 Å². The van der Waals surface area contributed by atoms with Crippen LogP contribution in [0, 0.1) is 0 Å². The summed E-state index contributed by atoms with van der Waals surface area (Å²) in [6.45, 7) is 0. The highest BCUT2D eigenvalue weighted by molar-refractivity contribution is 7.27. The minimum atomic E-state index is 0.902. The number of rotatable bonds is 6. The number of pyridine rings is 4. The molecule has 0 aliphatic carbocycles. The van der Waals surface area contributed by atoms with Gasteiger partial charge in [-0.3, -0.25) is 9.13 Å². The zero-order chi connectivity index (χ0) is 70.7. The molecule has 24 aromatic rings. The number of nitrogens with zero attached hydrogens (tertiary/aromatic N) is 6. The van der Waals surface area contributed by atoms with Gasteiger partial charge in [0, 0.05) is 127 Å². The molecular formula is C100H58N6S2. The molecule has 8 aromatic heterocycles. The fraction of sp³-hybridized carbons (Fsp3) is 0. The molecule has 0 bridgehead atoms. The molecule has 6 nitrogen and oxygen atoms in total. The second-order valence-corrected chi connectivity index (χ2v) is 30.3. The van der Waals surface area contributed by atoms with Gasteiger partial charge >= 0.3 is 0 Å². The molecule has 500 valence electrons. The molecule has 0 fully saturated rings. The van der Waals surface area contributed by atoms with Gasteiger partial charge in [-0.25, -0.2) is 19.9 Å². The van der Waals surface area contributed by atoms with Crippen LogP contribution in [-0.2, 0) is 0 Å². The molecule has 0 spiro atoms. The lowest BCUT2D eigenvalue weighted by atomic mass is 9.94. The van der Waals surface area contributed by atoms with Crippen molar-refractivity contribution in [3.63, 3.8) is 0 Å². The Morgan fingerprint density at radius 1 is 0.194 bits per heavy atom. The Kier molecular flexibility index (Phi) is 13.4. The maximum Gasteiger partial charge on any atom is 0.138 e. The summed E-state index contributed by atoms with van der Waals surface area (Å²) in [4.78, 5) is 22.1. The highest BCUT2D eigenvalue weighted by Gasteiger charge is 2.25. The first-order valence-electron chi connectivity index (χ1n) is 36.7. The second-order valence-electron chi connectivity index (χ2n) is 28.2. The summed E-state index contributed by atoms with van der Waals surface area (Å²) in [6, 6.07) is 127. The lowest BCUT2D eigenvalue weighted by Crippen LogP contribution is -2.00. The highest BCUT2D eigenvalue weighted by atomic mass is 32.1. The van der Waals surface area contributed by atoms with Crippen molar-refractivity contribution in [2.75, 3.05) is 0 Å². The molecule has 0 N–H and O–H groups in total. The van der Waals surface area contributed by atoms with E-state index in [9.17, 15) is 0 Å². The van der Waals surface area contributed by atoms with Gasteiger partial charge < -0.3 is 0 Å². The van der Waals surface area contributed by atoms with Crippen LogP contribution in [-0.4, -0.2) is 29.1 Å². The number of hydrogen-bond donors (Lipinski definition) is 0. The van der Waals surface area contributed by atoms with Crippen LogP contribution < -0.4 is 0 Å². The third kappa shape index (κ3) is 9.12. The van der Waals surface area contributed by atoms with Crippen LogP contribution in [0.4, 0.5) is 0 Å². The SMILES string of the molecule is c1ccc(-c2nc(-n3c4ccccc4c4cc(-c5nc6c7ccccc7c7c8ccccc8sc7c6c6ccccc56)ccc43)cc3ccccc23)cc1.c1ccc(-c2nc(-n3c4ccccc4c4cc(-c5nc6c7ccccc7c7c8ccccc8sc7c6c6ccccc56)ccc43)cc3ccccc23)cc1. The Morgan fingerprint density at radius 3 is 0.917 bits per heavy atom. The number of aromatic nitrogens is 6. The smallest absolute Gasteiger partial charge is 0.138 e. The van der Waals surface area contributed by atoms with E-state index in [1.807, 2.05) is 22.7 Å². The standard InChI is InChI=1S/2C50H29N3S/c2*1-2-14-30(15-3-1)47-33-17-5-4-16-31(33)29-44(51-47)53-41-24-12-10-18-34(41)40-28-32(26-27-42(40)53)48-37-21-8-7-20-36(37)46-49(52-48)38-22-9-6-19-35(38)45-39-23-11-13-25-43(39)54-50(45)46/h2*1-29H. The first kappa shape index (κ1) is 60.6. The molecule has 0 saturated carbocycles. The second kappa shape index (κ2) is 23.9. The van der Waals surface area contributed by atoms with Crippen LogP contribution in [0.15, 0.2) is 352 Å². The molecule has 0 aliphatic heterocycles. The first-order valence-corrected chi connectivity index (χ1v) is 38.3. The van der Waals surface area contributed by atoms with E-state index in [1.165, 1.54) is 105 Å². The van der Waals surface area contributed by atoms with E-state index in [0.29, 0.717) is 0 Å². The van der Waals surface area contributed by atoms with E-state index >= 15 is 0 Å². The molecule has 8 heterocycles. The lowest BCUT2D eigenvalue weighted by Gasteiger charge is -2.14. The van der Waals surface area contributed by atoms with Gasteiger partial charge in [0.25, 0.3) is 0 Å². The summed E-state index contributed by atoms with van der Waals surface area (Å²) in [7, 11) is 0. The highest BCUT2D eigenvalue weighted by Crippen LogP contribution is 2.50. The van der Waals surface area contributed by atoms with Crippen LogP contribution in [0.2, 0.25) is 0 Å². The van der Waals surface area contributed by atoms with Crippen molar-refractivity contribution < 1.29 is 0 Å². The van der Waals surface area contributed by atoms with Crippen LogP contribution in [0.25, 0.3) is 227 Å². The zero-order valence-corrected chi connectivity index (χ0v) is 59.6.